The first-order chi connectivity index (χ1) is 4.30. The number of hydrogen-bond donors (Lipinski definition) is 0. The Bertz CT molecular complexity index is 134. The van der Waals surface area contributed by atoms with Crippen LogP contribution in [0, 0.1) is 0 Å². The molecule has 0 spiro atoms. The van der Waals surface area contributed by atoms with E-state index >= 15 is 0 Å². The van der Waals surface area contributed by atoms with Crippen LogP contribution in [-0.4, -0.2) is 25.0 Å². The number of allylic oxidation sites excluding steroid dienone is 2. The van der Waals surface area contributed by atoms with Gasteiger partial charge in [0.2, 0.25) is 0 Å². The van der Waals surface area contributed by atoms with Crippen LogP contribution in [0.2, 0.25) is 0 Å². The molecule has 1 rings (SSSR count). The van der Waals surface area contributed by atoms with Gasteiger partial charge < -0.3 is 4.90 Å². The van der Waals surface area contributed by atoms with Gasteiger partial charge in [0.25, 0.3) is 0 Å². The van der Waals surface area contributed by atoms with Crippen molar-refractivity contribution >= 4 is 0 Å². The van der Waals surface area contributed by atoms with Crippen LogP contribution in [0.4, 0.5) is 0 Å². The van der Waals surface area contributed by atoms with E-state index in [-0.39, 0.29) is 0 Å². The average molecular weight is 123 g/mol. The van der Waals surface area contributed by atoms with Crippen LogP contribution in [0.3, 0.4) is 0 Å². The Labute approximate surface area is 56.7 Å². The standard InChI is InChI=1S/C8H13N/c1-9(2)8-6-4-3-5-7-8/h3-6,8H,7H2,1-2H3. The summed E-state index contributed by atoms with van der Waals surface area (Å²) in [6.45, 7) is 0. The Kier molecular flexibility index (Phi) is 2.06. The van der Waals surface area contributed by atoms with Gasteiger partial charge in [-0.1, -0.05) is 24.3 Å². The van der Waals surface area contributed by atoms with Gasteiger partial charge in [0.15, 0.2) is 0 Å². The molecule has 0 aromatic carbocycles. The van der Waals surface area contributed by atoms with Gasteiger partial charge in [0.1, 0.15) is 0 Å². The van der Waals surface area contributed by atoms with Gasteiger partial charge in [0, 0.05) is 6.04 Å². The number of hydrogen-bond acceptors (Lipinski definition) is 1. The second-order valence-electron chi connectivity index (χ2n) is 2.58. The second-order valence-corrected chi connectivity index (χ2v) is 2.58. The molecule has 1 aliphatic rings. The molecule has 0 aliphatic heterocycles. The minimum Gasteiger partial charge on any atom is -0.303 e. The van der Waals surface area contributed by atoms with Crippen molar-refractivity contribution in [1.29, 1.82) is 0 Å². The first-order valence-corrected chi connectivity index (χ1v) is 3.30. The number of likely N-dealkylation sites (N-methyl/N-ethyl adjacent to an activating group) is 1. The van der Waals surface area contributed by atoms with E-state index in [2.05, 4.69) is 43.3 Å². The summed E-state index contributed by atoms with van der Waals surface area (Å²) in [5.74, 6) is 0. The van der Waals surface area contributed by atoms with Crippen LogP contribution in [0.1, 0.15) is 6.42 Å². The lowest BCUT2D eigenvalue weighted by atomic mass is 10.1. The predicted molar refractivity (Wildman–Crippen MR) is 40.4 cm³/mol. The first kappa shape index (κ1) is 6.56. The minimum atomic E-state index is 0.620. The predicted octanol–water partition coefficient (Wildman–Crippen LogP) is 1.43. The van der Waals surface area contributed by atoms with Gasteiger partial charge in [-0.15, -0.1) is 0 Å². The van der Waals surface area contributed by atoms with Crippen molar-refractivity contribution in [3.05, 3.63) is 24.3 Å². The van der Waals surface area contributed by atoms with Gasteiger partial charge in [-0.3, -0.25) is 0 Å². The summed E-state index contributed by atoms with van der Waals surface area (Å²) in [5, 5.41) is 0. The van der Waals surface area contributed by atoms with Crippen molar-refractivity contribution in [3.8, 4) is 0 Å². The summed E-state index contributed by atoms with van der Waals surface area (Å²) in [6.07, 6.45) is 9.78. The number of nitrogens with zero attached hydrogens (tertiary/aromatic N) is 1. The fraction of sp³-hybridized carbons (Fsp3) is 0.500. The fourth-order valence-corrected chi connectivity index (χ4v) is 0.950. The molecule has 0 N–H and O–H groups in total. The highest BCUT2D eigenvalue weighted by atomic mass is 15.1. The third kappa shape index (κ3) is 1.68. The number of rotatable bonds is 1. The van der Waals surface area contributed by atoms with Gasteiger partial charge in [0.05, 0.1) is 0 Å². The van der Waals surface area contributed by atoms with E-state index in [9.17, 15) is 0 Å². The Morgan fingerprint density at radius 1 is 1.33 bits per heavy atom. The average Bonchev–Trinajstić information content (AvgIpc) is 1.90. The summed E-state index contributed by atoms with van der Waals surface area (Å²) in [6, 6.07) is 0.620. The van der Waals surface area contributed by atoms with E-state index in [4.69, 9.17) is 0 Å². The zero-order chi connectivity index (χ0) is 6.69. The molecular weight excluding hydrogens is 110 g/mol. The maximum absolute atomic E-state index is 2.22. The van der Waals surface area contributed by atoms with Crippen LogP contribution < -0.4 is 0 Å². The smallest absolute Gasteiger partial charge is 0.0309 e. The Morgan fingerprint density at radius 2 is 2.11 bits per heavy atom. The SMILES string of the molecule is CN(C)C1C=CC=CC1. The highest BCUT2D eigenvalue weighted by Crippen LogP contribution is 2.06. The van der Waals surface area contributed by atoms with Gasteiger partial charge in [-0.05, 0) is 20.5 Å². The van der Waals surface area contributed by atoms with Crippen molar-refractivity contribution in [2.45, 2.75) is 12.5 Å². The second kappa shape index (κ2) is 2.83. The summed E-state index contributed by atoms with van der Waals surface area (Å²) < 4.78 is 0. The molecule has 0 bridgehead atoms. The fourth-order valence-electron chi connectivity index (χ4n) is 0.950. The van der Waals surface area contributed by atoms with E-state index in [0.29, 0.717) is 6.04 Å². The third-order valence-electron chi connectivity index (χ3n) is 1.62. The van der Waals surface area contributed by atoms with Crippen molar-refractivity contribution in [2.24, 2.45) is 0 Å². The lowest BCUT2D eigenvalue weighted by Gasteiger charge is -2.20. The lowest BCUT2D eigenvalue weighted by molar-refractivity contribution is 0.344. The molecule has 1 heteroatoms. The van der Waals surface area contributed by atoms with Crippen LogP contribution in [0.15, 0.2) is 24.3 Å². The maximum atomic E-state index is 2.22. The van der Waals surface area contributed by atoms with Crippen molar-refractivity contribution in [3.63, 3.8) is 0 Å². The molecule has 9 heavy (non-hydrogen) atoms. The summed E-state index contributed by atoms with van der Waals surface area (Å²) in [7, 11) is 4.21. The van der Waals surface area contributed by atoms with Crippen LogP contribution in [0.5, 0.6) is 0 Å². The first-order valence-electron chi connectivity index (χ1n) is 3.30. The molecule has 0 radical (unpaired) electrons. The van der Waals surface area contributed by atoms with E-state index < -0.39 is 0 Å². The van der Waals surface area contributed by atoms with E-state index in [1.165, 1.54) is 0 Å². The highest BCUT2D eigenvalue weighted by Gasteiger charge is 2.05. The molecule has 50 valence electrons. The molecule has 0 aromatic rings. The largest absolute Gasteiger partial charge is 0.303 e. The summed E-state index contributed by atoms with van der Waals surface area (Å²) >= 11 is 0. The van der Waals surface area contributed by atoms with Crippen LogP contribution in [-0.2, 0) is 0 Å². The minimum absolute atomic E-state index is 0.620. The normalized spacial score (nSPS) is 25.4. The quantitative estimate of drug-likeness (QED) is 0.510. The maximum Gasteiger partial charge on any atom is 0.0309 e. The Hall–Kier alpha value is -0.560. The molecule has 0 saturated heterocycles. The highest BCUT2D eigenvalue weighted by molar-refractivity contribution is 5.13. The molecule has 1 atom stereocenters. The van der Waals surface area contributed by atoms with Gasteiger partial charge in [-0.2, -0.15) is 0 Å². The van der Waals surface area contributed by atoms with Gasteiger partial charge >= 0.3 is 0 Å². The van der Waals surface area contributed by atoms with Crippen molar-refractivity contribution in [2.75, 3.05) is 14.1 Å². The monoisotopic (exact) mass is 123 g/mol. The molecule has 0 aromatic heterocycles. The van der Waals surface area contributed by atoms with Crippen molar-refractivity contribution < 1.29 is 0 Å². The molecule has 1 unspecified atom stereocenters. The molecule has 0 amide bonds. The summed E-state index contributed by atoms with van der Waals surface area (Å²) in [4.78, 5) is 2.22. The molecule has 0 saturated carbocycles. The third-order valence-corrected chi connectivity index (χ3v) is 1.62. The molecule has 0 fully saturated rings. The van der Waals surface area contributed by atoms with E-state index in [1.807, 2.05) is 0 Å². The van der Waals surface area contributed by atoms with Crippen molar-refractivity contribution in [1.82, 2.24) is 4.90 Å². The Balaban J connectivity index is 2.46. The molecule has 1 nitrogen and oxygen atoms in total. The molecule has 1 aliphatic carbocycles. The zero-order valence-corrected chi connectivity index (χ0v) is 6.04. The Morgan fingerprint density at radius 3 is 2.44 bits per heavy atom. The lowest BCUT2D eigenvalue weighted by Crippen LogP contribution is -2.25. The zero-order valence-electron chi connectivity index (χ0n) is 6.04. The molecule has 0 heterocycles. The van der Waals surface area contributed by atoms with Crippen LogP contribution >= 0.6 is 0 Å². The van der Waals surface area contributed by atoms with E-state index in [1.54, 1.807) is 0 Å². The summed E-state index contributed by atoms with van der Waals surface area (Å²) in [5.41, 5.74) is 0. The van der Waals surface area contributed by atoms with E-state index in [0.717, 1.165) is 6.42 Å². The van der Waals surface area contributed by atoms with Gasteiger partial charge in [-0.25, -0.2) is 0 Å². The molecular formula is C8H13N. The van der Waals surface area contributed by atoms with Crippen LogP contribution in [0.25, 0.3) is 0 Å². The topological polar surface area (TPSA) is 3.24 Å².